The average Bonchev–Trinajstić information content (AvgIpc) is 2.82. The van der Waals surface area contributed by atoms with Gasteiger partial charge in [-0.15, -0.1) is 11.3 Å². The molecule has 3 aromatic rings. The van der Waals surface area contributed by atoms with Crippen LogP contribution in [0.5, 0.6) is 0 Å². The third-order valence-corrected chi connectivity index (χ3v) is 4.78. The number of halogens is 1. The van der Waals surface area contributed by atoms with Gasteiger partial charge in [-0.05, 0) is 46.4 Å². The van der Waals surface area contributed by atoms with Crippen LogP contribution in [0, 0.1) is 6.92 Å². The lowest BCUT2D eigenvalue weighted by Crippen LogP contribution is -2.04. The fourth-order valence-electron chi connectivity index (χ4n) is 1.87. The second-order valence-electron chi connectivity index (χ2n) is 4.19. The zero-order valence-corrected chi connectivity index (χ0v) is 12.8. The highest BCUT2D eigenvalue weighted by Gasteiger charge is 2.06. The van der Waals surface area contributed by atoms with Crippen LogP contribution in [0.2, 0.25) is 0 Å². The van der Waals surface area contributed by atoms with Gasteiger partial charge in [-0.2, -0.15) is 0 Å². The van der Waals surface area contributed by atoms with E-state index in [1.165, 1.54) is 4.88 Å². The van der Waals surface area contributed by atoms with Gasteiger partial charge < -0.3 is 5.32 Å². The van der Waals surface area contributed by atoms with Crippen molar-refractivity contribution in [2.45, 2.75) is 13.5 Å². The van der Waals surface area contributed by atoms with Crippen LogP contribution in [-0.2, 0) is 6.54 Å². The summed E-state index contributed by atoms with van der Waals surface area (Å²) in [6.45, 7) is 2.73. The van der Waals surface area contributed by atoms with E-state index in [4.69, 9.17) is 0 Å². The van der Waals surface area contributed by atoms with Gasteiger partial charge in [0.2, 0.25) is 0 Å². The largest absolute Gasteiger partial charge is 0.364 e. The smallest absolute Gasteiger partial charge is 0.148 e. The maximum absolute atomic E-state index is 4.62. The van der Waals surface area contributed by atoms with Gasteiger partial charge in [0, 0.05) is 9.35 Å². The molecule has 0 saturated carbocycles. The molecule has 0 aliphatic rings. The molecule has 0 aliphatic carbocycles. The standard InChI is InChI=1S/C14H12BrN3S/c1-9-14(16-8-13-10(15)6-7-19-13)18-12-5-3-2-4-11(12)17-9/h2-7H,8H2,1H3,(H,16,18). The van der Waals surface area contributed by atoms with E-state index in [1.807, 2.05) is 31.2 Å². The molecule has 96 valence electrons. The fraction of sp³-hybridized carbons (Fsp3) is 0.143. The molecule has 3 nitrogen and oxygen atoms in total. The van der Waals surface area contributed by atoms with Crippen molar-refractivity contribution in [3.05, 3.63) is 50.8 Å². The van der Waals surface area contributed by atoms with Crippen LogP contribution in [0.25, 0.3) is 11.0 Å². The van der Waals surface area contributed by atoms with Crippen LogP contribution >= 0.6 is 27.3 Å². The predicted octanol–water partition coefficient (Wildman–Crippen LogP) is 4.37. The average molecular weight is 334 g/mol. The molecule has 0 radical (unpaired) electrons. The Kier molecular flexibility index (Phi) is 3.48. The van der Waals surface area contributed by atoms with Crippen LogP contribution in [0.1, 0.15) is 10.6 Å². The number of anilines is 1. The molecule has 2 heterocycles. The summed E-state index contributed by atoms with van der Waals surface area (Å²) in [7, 11) is 0. The highest BCUT2D eigenvalue weighted by molar-refractivity contribution is 9.10. The minimum Gasteiger partial charge on any atom is -0.364 e. The van der Waals surface area contributed by atoms with E-state index in [9.17, 15) is 0 Å². The quantitative estimate of drug-likeness (QED) is 0.773. The molecule has 1 aromatic carbocycles. The van der Waals surface area contributed by atoms with Crippen molar-refractivity contribution in [2.24, 2.45) is 0 Å². The first-order chi connectivity index (χ1) is 9.24. The van der Waals surface area contributed by atoms with Gasteiger partial charge in [0.05, 0.1) is 23.3 Å². The summed E-state index contributed by atoms with van der Waals surface area (Å²) in [6.07, 6.45) is 0. The minimum atomic E-state index is 0.756. The molecule has 5 heteroatoms. The molecule has 0 atom stereocenters. The summed E-state index contributed by atoms with van der Waals surface area (Å²) in [5.74, 6) is 0.846. The molecule has 0 aliphatic heterocycles. The number of rotatable bonds is 3. The molecule has 19 heavy (non-hydrogen) atoms. The molecule has 1 N–H and O–H groups in total. The van der Waals surface area contributed by atoms with Crippen molar-refractivity contribution in [3.8, 4) is 0 Å². The lowest BCUT2D eigenvalue weighted by Gasteiger charge is -2.08. The van der Waals surface area contributed by atoms with Gasteiger partial charge >= 0.3 is 0 Å². The number of nitrogens with zero attached hydrogens (tertiary/aromatic N) is 2. The molecular weight excluding hydrogens is 322 g/mol. The van der Waals surface area contributed by atoms with E-state index >= 15 is 0 Å². The normalized spacial score (nSPS) is 10.8. The van der Waals surface area contributed by atoms with Crippen molar-refractivity contribution >= 4 is 44.1 Å². The molecule has 0 unspecified atom stereocenters. The number of para-hydroxylation sites is 2. The van der Waals surface area contributed by atoms with Crippen LogP contribution < -0.4 is 5.32 Å². The van der Waals surface area contributed by atoms with Crippen LogP contribution in [0.15, 0.2) is 40.2 Å². The van der Waals surface area contributed by atoms with Gasteiger partial charge in [0.1, 0.15) is 5.82 Å². The van der Waals surface area contributed by atoms with E-state index in [1.54, 1.807) is 11.3 Å². The molecule has 0 spiro atoms. The van der Waals surface area contributed by atoms with Crippen molar-refractivity contribution in [1.82, 2.24) is 9.97 Å². The number of nitrogens with one attached hydrogen (secondary N) is 1. The zero-order valence-electron chi connectivity index (χ0n) is 10.4. The van der Waals surface area contributed by atoms with E-state index in [-0.39, 0.29) is 0 Å². The Morgan fingerprint density at radius 2 is 1.89 bits per heavy atom. The number of hydrogen-bond acceptors (Lipinski definition) is 4. The van der Waals surface area contributed by atoms with E-state index in [2.05, 4.69) is 42.7 Å². The Balaban J connectivity index is 1.88. The topological polar surface area (TPSA) is 37.8 Å². The maximum Gasteiger partial charge on any atom is 0.148 e. The molecule has 0 fully saturated rings. The van der Waals surface area contributed by atoms with Gasteiger partial charge in [-0.3, -0.25) is 0 Å². The molecule has 2 aromatic heterocycles. The lowest BCUT2D eigenvalue weighted by molar-refractivity contribution is 1.09. The maximum atomic E-state index is 4.62. The lowest BCUT2D eigenvalue weighted by atomic mass is 10.3. The first-order valence-corrected chi connectivity index (χ1v) is 7.60. The Labute approximate surface area is 123 Å². The summed E-state index contributed by atoms with van der Waals surface area (Å²) in [5.41, 5.74) is 2.77. The van der Waals surface area contributed by atoms with E-state index in [0.717, 1.165) is 33.6 Å². The molecule has 0 bridgehead atoms. The SMILES string of the molecule is Cc1nc2ccccc2nc1NCc1sccc1Br. The fourth-order valence-corrected chi connectivity index (χ4v) is 3.30. The van der Waals surface area contributed by atoms with Crippen LogP contribution in [0.4, 0.5) is 5.82 Å². The summed E-state index contributed by atoms with van der Waals surface area (Å²) < 4.78 is 1.14. The van der Waals surface area contributed by atoms with Gasteiger partial charge in [0.15, 0.2) is 0 Å². The summed E-state index contributed by atoms with van der Waals surface area (Å²) in [6, 6.07) is 9.97. The van der Waals surface area contributed by atoms with Crippen molar-refractivity contribution in [2.75, 3.05) is 5.32 Å². The van der Waals surface area contributed by atoms with Crippen molar-refractivity contribution < 1.29 is 0 Å². The molecule has 3 rings (SSSR count). The highest BCUT2D eigenvalue weighted by atomic mass is 79.9. The van der Waals surface area contributed by atoms with E-state index in [0.29, 0.717) is 0 Å². The zero-order chi connectivity index (χ0) is 13.2. The van der Waals surface area contributed by atoms with Crippen LogP contribution in [0.3, 0.4) is 0 Å². The number of hydrogen-bond donors (Lipinski definition) is 1. The molecule has 0 saturated heterocycles. The third-order valence-electron chi connectivity index (χ3n) is 2.85. The first kappa shape index (κ1) is 12.6. The summed E-state index contributed by atoms with van der Waals surface area (Å²) in [4.78, 5) is 10.4. The number of benzene rings is 1. The number of fused-ring (bicyclic) bond motifs is 1. The predicted molar refractivity (Wildman–Crippen MR) is 83.6 cm³/mol. The third kappa shape index (κ3) is 2.62. The molecular formula is C14H12BrN3S. The highest BCUT2D eigenvalue weighted by Crippen LogP contribution is 2.24. The second-order valence-corrected chi connectivity index (χ2v) is 6.05. The number of aryl methyl sites for hydroxylation is 1. The summed E-state index contributed by atoms with van der Waals surface area (Å²) in [5, 5.41) is 5.42. The van der Waals surface area contributed by atoms with Gasteiger partial charge in [0.25, 0.3) is 0 Å². The minimum absolute atomic E-state index is 0.756. The summed E-state index contributed by atoms with van der Waals surface area (Å²) >= 11 is 5.25. The van der Waals surface area contributed by atoms with Crippen molar-refractivity contribution in [3.63, 3.8) is 0 Å². The monoisotopic (exact) mass is 333 g/mol. The Bertz CT molecular complexity index is 724. The van der Waals surface area contributed by atoms with Gasteiger partial charge in [-0.1, -0.05) is 12.1 Å². The number of thiophene rings is 1. The van der Waals surface area contributed by atoms with Crippen molar-refractivity contribution in [1.29, 1.82) is 0 Å². The van der Waals surface area contributed by atoms with Gasteiger partial charge in [-0.25, -0.2) is 9.97 Å². The Morgan fingerprint density at radius 1 is 1.16 bits per heavy atom. The molecule has 0 amide bonds. The Morgan fingerprint density at radius 3 is 2.58 bits per heavy atom. The van der Waals surface area contributed by atoms with E-state index < -0.39 is 0 Å². The van der Waals surface area contributed by atoms with Crippen LogP contribution in [-0.4, -0.2) is 9.97 Å². The number of aromatic nitrogens is 2. The second kappa shape index (κ2) is 5.27. The Hall–Kier alpha value is -1.46. The first-order valence-electron chi connectivity index (χ1n) is 5.93.